The first-order chi connectivity index (χ1) is 12.1. The maximum atomic E-state index is 10.4. The maximum absolute atomic E-state index is 10.4. The standard InChI is InChI=1S/C22H29NO2/c1-17(2)14-21(24)19-8-9-22-20(15-19)16-23(12-13-25-22)11-10-18-6-4-3-5-7-18/h3-9,15,17,21,24H,10-14,16H2,1-2H3. The Labute approximate surface area is 151 Å². The third kappa shape index (κ3) is 5.07. The van der Waals surface area contributed by atoms with E-state index in [1.807, 2.05) is 12.1 Å². The summed E-state index contributed by atoms with van der Waals surface area (Å²) in [5.74, 6) is 1.44. The van der Waals surface area contributed by atoms with Crippen molar-refractivity contribution >= 4 is 0 Å². The normalized spacial score (nSPS) is 16.2. The Hall–Kier alpha value is -1.84. The molecule has 3 rings (SSSR count). The summed E-state index contributed by atoms with van der Waals surface area (Å²) in [4.78, 5) is 2.44. The van der Waals surface area contributed by atoms with Crippen LogP contribution >= 0.6 is 0 Å². The zero-order valence-corrected chi connectivity index (χ0v) is 15.3. The van der Waals surface area contributed by atoms with E-state index in [-0.39, 0.29) is 0 Å². The monoisotopic (exact) mass is 339 g/mol. The molecule has 0 spiro atoms. The van der Waals surface area contributed by atoms with Gasteiger partial charge in [0, 0.05) is 25.2 Å². The molecule has 134 valence electrons. The van der Waals surface area contributed by atoms with Gasteiger partial charge in [-0.05, 0) is 42.0 Å². The van der Waals surface area contributed by atoms with E-state index >= 15 is 0 Å². The topological polar surface area (TPSA) is 32.7 Å². The second-order valence-electron chi connectivity index (χ2n) is 7.37. The van der Waals surface area contributed by atoms with Crippen LogP contribution in [0, 0.1) is 5.92 Å². The van der Waals surface area contributed by atoms with E-state index in [2.05, 4.69) is 55.1 Å². The fourth-order valence-corrected chi connectivity index (χ4v) is 3.38. The zero-order valence-electron chi connectivity index (χ0n) is 15.3. The Kier molecular flexibility index (Phi) is 6.11. The summed E-state index contributed by atoms with van der Waals surface area (Å²) in [6.07, 6.45) is 1.44. The molecule has 1 atom stereocenters. The van der Waals surface area contributed by atoms with Gasteiger partial charge in [-0.2, -0.15) is 0 Å². The second-order valence-corrected chi connectivity index (χ2v) is 7.37. The fraction of sp³-hybridized carbons (Fsp3) is 0.455. The van der Waals surface area contributed by atoms with E-state index in [0.29, 0.717) is 5.92 Å². The highest BCUT2D eigenvalue weighted by Crippen LogP contribution is 2.29. The van der Waals surface area contributed by atoms with Gasteiger partial charge in [0.25, 0.3) is 0 Å². The number of ether oxygens (including phenoxy) is 1. The van der Waals surface area contributed by atoms with Gasteiger partial charge in [-0.25, -0.2) is 0 Å². The number of aliphatic hydroxyl groups excluding tert-OH is 1. The molecule has 0 amide bonds. The molecule has 1 heterocycles. The number of nitrogens with zero attached hydrogens (tertiary/aromatic N) is 1. The molecule has 2 aromatic rings. The SMILES string of the molecule is CC(C)CC(O)c1ccc2c(c1)CN(CCc1ccccc1)CCO2. The largest absolute Gasteiger partial charge is 0.492 e. The van der Waals surface area contributed by atoms with Gasteiger partial charge in [-0.3, -0.25) is 4.90 Å². The van der Waals surface area contributed by atoms with Crippen LogP contribution in [0.3, 0.4) is 0 Å². The Morgan fingerprint density at radius 1 is 1.12 bits per heavy atom. The van der Waals surface area contributed by atoms with Gasteiger partial charge < -0.3 is 9.84 Å². The van der Waals surface area contributed by atoms with Crippen molar-refractivity contribution in [3.8, 4) is 5.75 Å². The second kappa shape index (κ2) is 8.50. The molecule has 0 saturated carbocycles. The molecule has 3 nitrogen and oxygen atoms in total. The van der Waals surface area contributed by atoms with Crippen molar-refractivity contribution in [2.45, 2.75) is 39.3 Å². The van der Waals surface area contributed by atoms with Crippen LogP contribution in [0.1, 0.15) is 43.1 Å². The molecule has 2 aromatic carbocycles. The summed E-state index contributed by atoms with van der Waals surface area (Å²) in [7, 11) is 0. The van der Waals surface area contributed by atoms with Crippen molar-refractivity contribution in [3.63, 3.8) is 0 Å². The first kappa shape index (κ1) is 18.0. The Bertz CT molecular complexity index is 669. The lowest BCUT2D eigenvalue weighted by molar-refractivity contribution is 0.151. The van der Waals surface area contributed by atoms with Gasteiger partial charge in [0.2, 0.25) is 0 Å². The van der Waals surface area contributed by atoms with Gasteiger partial charge in [0.1, 0.15) is 12.4 Å². The van der Waals surface area contributed by atoms with Gasteiger partial charge in [0.05, 0.1) is 6.10 Å². The van der Waals surface area contributed by atoms with Crippen LogP contribution in [-0.4, -0.2) is 29.7 Å². The van der Waals surface area contributed by atoms with Gasteiger partial charge in [0.15, 0.2) is 0 Å². The Balaban J connectivity index is 1.68. The van der Waals surface area contributed by atoms with Crippen molar-refractivity contribution in [1.29, 1.82) is 0 Å². The van der Waals surface area contributed by atoms with Crippen molar-refractivity contribution in [1.82, 2.24) is 4.90 Å². The lowest BCUT2D eigenvalue weighted by Gasteiger charge is -2.20. The molecule has 1 aliphatic heterocycles. The molecule has 1 unspecified atom stereocenters. The van der Waals surface area contributed by atoms with Crippen LogP contribution < -0.4 is 4.74 Å². The first-order valence-electron chi connectivity index (χ1n) is 9.32. The molecular formula is C22H29NO2. The predicted octanol–water partition coefficient (Wildman–Crippen LogP) is 4.20. The van der Waals surface area contributed by atoms with Crippen molar-refractivity contribution in [2.75, 3.05) is 19.7 Å². The predicted molar refractivity (Wildman–Crippen MR) is 102 cm³/mol. The molecule has 1 N–H and O–H groups in total. The number of rotatable bonds is 6. The lowest BCUT2D eigenvalue weighted by Crippen LogP contribution is -2.28. The third-order valence-electron chi connectivity index (χ3n) is 4.78. The van der Waals surface area contributed by atoms with Crippen LogP contribution in [0.5, 0.6) is 5.75 Å². The van der Waals surface area contributed by atoms with E-state index in [0.717, 1.165) is 50.4 Å². The molecule has 0 aliphatic carbocycles. The number of aliphatic hydroxyl groups is 1. The fourth-order valence-electron chi connectivity index (χ4n) is 3.38. The quantitative estimate of drug-likeness (QED) is 0.856. The summed E-state index contributed by atoms with van der Waals surface area (Å²) in [6.45, 7) is 7.83. The summed E-state index contributed by atoms with van der Waals surface area (Å²) >= 11 is 0. The smallest absolute Gasteiger partial charge is 0.123 e. The summed E-state index contributed by atoms with van der Waals surface area (Å²) in [5, 5.41) is 10.4. The van der Waals surface area contributed by atoms with Crippen molar-refractivity contribution in [2.24, 2.45) is 5.92 Å². The van der Waals surface area contributed by atoms with E-state index in [4.69, 9.17) is 4.74 Å². The Morgan fingerprint density at radius 3 is 2.68 bits per heavy atom. The van der Waals surface area contributed by atoms with Crippen LogP contribution in [0.2, 0.25) is 0 Å². The number of benzene rings is 2. The van der Waals surface area contributed by atoms with Crippen molar-refractivity contribution < 1.29 is 9.84 Å². The molecular weight excluding hydrogens is 310 g/mol. The van der Waals surface area contributed by atoms with E-state index in [9.17, 15) is 5.11 Å². The molecule has 0 radical (unpaired) electrons. The van der Waals surface area contributed by atoms with Gasteiger partial charge in [-0.1, -0.05) is 50.2 Å². The molecule has 25 heavy (non-hydrogen) atoms. The average molecular weight is 339 g/mol. The molecule has 0 aromatic heterocycles. The molecule has 0 saturated heterocycles. The minimum absolute atomic E-state index is 0.397. The van der Waals surface area contributed by atoms with E-state index in [1.54, 1.807) is 0 Å². The minimum Gasteiger partial charge on any atom is -0.492 e. The van der Waals surface area contributed by atoms with Crippen LogP contribution in [0.4, 0.5) is 0 Å². The molecule has 0 fully saturated rings. The molecule has 0 bridgehead atoms. The van der Waals surface area contributed by atoms with E-state index < -0.39 is 6.10 Å². The first-order valence-corrected chi connectivity index (χ1v) is 9.32. The Morgan fingerprint density at radius 2 is 1.92 bits per heavy atom. The lowest BCUT2D eigenvalue weighted by atomic mass is 9.97. The third-order valence-corrected chi connectivity index (χ3v) is 4.78. The number of fused-ring (bicyclic) bond motifs is 1. The highest BCUT2D eigenvalue weighted by molar-refractivity contribution is 5.38. The van der Waals surface area contributed by atoms with Gasteiger partial charge in [-0.15, -0.1) is 0 Å². The molecule has 3 heteroatoms. The van der Waals surface area contributed by atoms with Crippen LogP contribution in [0.25, 0.3) is 0 Å². The minimum atomic E-state index is -0.397. The van der Waals surface area contributed by atoms with Gasteiger partial charge >= 0.3 is 0 Å². The van der Waals surface area contributed by atoms with Crippen LogP contribution in [-0.2, 0) is 13.0 Å². The number of hydrogen-bond acceptors (Lipinski definition) is 3. The highest BCUT2D eigenvalue weighted by Gasteiger charge is 2.18. The average Bonchev–Trinajstić information content (AvgIpc) is 2.81. The maximum Gasteiger partial charge on any atom is 0.123 e. The summed E-state index contributed by atoms with van der Waals surface area (Å²) in [6, 6.07) is 16.8. The van der Waals surface area contributed by atoms with E-state index in [1.165, 1.54) is 11.1 Å². The highest BCUT2D eigenvalue weighted by atomic mass is 16.5. The van der Waals surface area contributed by atoms with Crippen molar-refractivity contribution in [3.05, 3.63) is 65.2 Å². The summed E-state index contributed by atoms with van der Waals surface area (Å²) < 4.78 is 5.92. The zero-order chi connectivity index (χ0) is 17.6. The number of hydrogen-bond donors (Lipinski definition) is 1. The van der Waals surface area contributed by atoms with Crippen LogP contribution in [0.15, 0.2) is 48.5 Å². The molecule has 1 aliphatic rings. The summed E-state index contributed by atoms with van der Waals surface area (Å²) in [5.41, 5.74) is 3.56.